The van der Waals surface area contributed by atoms with Gasteiger partial charge < -0.3 is 15.2 Å². The molecule has 0 aromatic heterocycles. The summed E-state index contributed by atoms with van der Waals surface area (Å²) >= 11 is 0. The van der Waals surface area contributed by atoms with E-state index in [0.29, 0.717) is 5.56 Å². The van der Waals surface area contributed by atoms with Crippen molar-refractivity contribution in [2.75, 3.05) is 13.2 Å². The minimum Gasteiger partial charge on any atom is -0.488 e. The fourth-order valence-corrected chi connectivity index (χ4v) is 2.10. The summed E-state index contributed by atoms with van der Waals surface area (Å²) in [6.07, 6.45) is -4.79. The summed E-state index contributed by atoms with van der Waals surface area (Å²) in [6, 6.07) is 10.2. The molecule has 3 nitrogen and oxygen atoms in total. The summed E-state index contributed by atoms with van der Waals surface area (Å²) in [6.45, 7) is 4.23. The van der Waals surface area contributed by atoms with Gasteiger partial charge in [0.05, 0.1) is 0 Å². The first-order chi connectivity index (χ1) is 10.8. The highest BCUT2D eigenvalue weighted by Crippen LogP contribution is 2.36. The Labute approximate surface area is 145 Å². The Hall–Kier alpha value is -1.92. The lowest BCUT2D eigenvalue weighted by atomic mass is 10.0. The van der Waals surface area contributed by atoms with Crippen LogP contribution < -0.4 is 15.2 Å². The highest BCUT2D eigenvalue weighted by atomic mass is 35.5. The Morgan fingerprint density at radius 2 is 1.54 bits per heavy atom. The van der Waals surface area contributed by atoms with Crippen molar-refractivity contribution in [1.82, 2.24) is 0 Å². The van der Waals surface area contributed by atoms with Crippen LogP contribution in [-0.2, 0) is 0 Å². The average molecular weight is 362 g/mol. The minimum absolute atomic E-state index is 0. The predicted octanol–water partition coefficient (Wildman–Crippen LogP) is 4.63. The molecular formula is C17H19ClF3NO2. The van der Waals surface area contributed by atoms with Crippen molar-refractivity contribution >= 4 is 12.4 Å². The molecule has 0 unspecified atom stereocenters. The zero-order chi connectivity index (χ0) is 17.0. The molecule has 0 saturated heterocycles. The van der Waals surface area contributed by atoms with E-state index < -0.39 is 6.36 Å². The van der Waals surface area contributed by atoms with Crippen LogP contribution in [0, 0.1) is 13.8 Å². The molecule has 0 bridgehead atoms. The van der Waals surface area contributed by atoms with E-state index in [0.717, 1.165) is 16.7 Å². The monoisotopic (exact) mass is 361 g/mol. The second-order valence-electron chi connectivity index (χ2n) is 5.15. The Kier molecular flexibility index (Phi) is 6.93. The van der Waals surface area contributed by atoms with Gasteiger partial charge in [-0.2, -0.15) is 0 Å². The molecule has 2 aromatic carbocycles. The van der Waals surface area contributed by atoms with Crippen LogP contribution in [0.15, 0.2) is 36.4 Å². The number of alkyl halides is 3. The predicted molar refractivity (Wildman–Crippen MR) is 89.8 cm³/mol. The Bertz CT molecular complexity index is 690. The van der Waals surface area contributed by atoms with Crippen molar-refractivity contribution in [3.8, 4) is 22.6 Å². The summed E-state index contributed by atoms with van der Waals surface area (Å²) in [5.41, 5.74) is 8.92. The molecule has 2 rings (SSSR count). The number of hydrogen-bond acceptors (Lipinski definition) is 3. The maximum atomic E-state index is 12.6. The largest absolute Gasteiger partial charge is 0.573 e. The zero-order valence-electron chi connectivity index (χ0n) is 13.3. The molecule has 0 spiro atoms. The maximum absolute atomic E-state index is 12.6. The number of benzene rings is 2. The van der Waals surface area contributed by atoms with Gasteiger partial charge in [0.2, 0.25) is 0 Å². The first kappa shape index (κ1) is 20.1. The van der Waals surface area contributed by atoms with Gasteiger partial charge in [0.15, 0.2) is 11.5 Å². The van der Waals surface area contributed by atoms with E-state index in [9.17, 15) is 13.2 Å². The van der Waals surface area contributed by atoms with Crippen molar-refractivity contribution in [3.05, 3.63) is 47.5 Å². The third-order valence-electron chi connectivity index (χ3n) is 3.39. The maximum Gasteiger partial charge on any atom is 0.573 e. The van der Waals surface area contributed by atoms with E-state index in [2.05, 4.69) is 4.74 Å². The van der Waals surface area contributed by atoms with Crippen LogP contribution >= 0.6 is 12.4 Å². The minimum atomic E-state index is -4.79. The van der Waals surface area contributed by atoms with Crippen LogP contribution in [-0.4, -0.2) is 19.5 Å². The van der Waals surface area contributed by atoms with Crippen molar-refractivity contribution in [2.45, 2.75) is 20.2 Å². The Morgan fingerprint density at radius 3 is 2.12 bits per heavy atom. The van der Waals surface area contributed by atoms with E-state index >= 15 is 0 Å². The summed E-state index contributed by atoms with van der Waals surface area (Å²) < 4.78 is 47.1. The summed E-state index contributed by atoms with van der Waals surface area (Å²) in [5, 5.41) is 0. The first-order valence-corrected chi connectivity index (χ1v) is 7.10. The van der Waals surface area contributed by atoms with Crippen molar-refractivity contribution in [3.63, 3.8) is 0 Å². The van der Waals surface area contributed by atoms with E-state index in [1.807, 2.05) is 32.0 Å². The van der Waals surface area contributed by atoms with Crippen LogP contribution in [0.25, 0.3) is 11.1 Å². The zero-order valence-corrected chi connectivity index (χ0v) is 14.1. The SMILES string of the molecule is Cc1ccc(-c2ccc(OCCN)c(OC(F)(F)F)c2)cc1C.Cl. The molecule has 0 aliphatic rings. The molecule has 0 saturated carbocycles. The number of rotatable bonds is 5. The standard InChI is InChI=1S/C17H18F3NO2.ClH/c1-11-3-4-13(9-12(11)2)14-5-6-15(22-8-7-21)16(10-14)23-17(18,19)20;/h3-6,9-10H,7-8,21H2,1-2H3;1H. The average Bonchev–Trinajstić information content (AvgIpc) is 2.47. The molecule has 24 heavy (non-hydrogen) atoms. The highest BCUT2D eigenvalue weighted by molar-refractivity contribution is 5.85. The van der Waals surface area contributed by atoms with Gasteiger partial charge in [0.1, 0.15) is 6.61 Å². The van der Waals surface area contributed by atoms with Gasteiger partial charge in [0.25, 0.3) is 0 Å². The van der Waals surface area contributed by atoms with Gasteiger partial charge >= 0.3 is 6.36 Å². The summed E-state index contributed by atoms with van der Waals surface area (Å²) in [5.74, 6) is -0.359. The quantitative estimate of drug-likeness (QED) is 0.844. The molecule has 0 heterocycles. The molecule has 0 amide bonds. The third kappa shape index (κ3) is 5.32. The highest BCUT2D eigenvalue weighted by Gasteiger charge is 2.32. The number of nitrogens with two attached hydrogens (primary N) is 1. The summed E-state index contributed by atoms with van der Waals surface area (Å²) in [4.78, 5) is 0. The van der Waals surface area contributed by atoms with Gasteiger partial charge in [-0.25, -0.2) is 0 Å². The van der Waals surface area contributed by atoms with E-state index in [1.54, 1.807) is 6.07 Å². The molecule has 2 N–H and O–H groups in total. The van der Waals surface area contributed by atoms with E-state index in [1.165, 1.54) is 12.1 Å². The number of aryl methyl sites for hydroxylation is 2. The second-order valence-corrected chi connectivity index (χ2v) is 5.15. The summed E-state index contributed by atoms with van der Waals surface area (Å²) in [7, 11) is 0. The van der Waals surface area contributed by atoms with Gasteiger partial charge in [-0.3, -0.25) is 0 Å². The van der Waals surface area contributed by atoms with Crippen LogP contribution in [0.4, 0.5) is 13.2 Å². The topological polar surface area (TPSA) is 44.5 Å². The van der Waals surface area contributed by atoms with Gasteiger partial charge in [-0.15, -0.1) is 25.6 Å². The number of hydrogen-bond donors (Lipinski definition) is 1. The van der Waals surface area contributed by atoms with Crippen LogP contribution in [0.3, 0.4) is 0 Å². The Morgan fingerprint density at radius 1 is 0.917 bits per heavy atom. The fourth-order valence-electron chi connectivity index (χ4n) is 2.10. The lowest BCUT2D eigenvalue weighted by Crippen LogP contribution is -2.18. The fraction of sp³-hybridized carbons (Fsp3) is 0.294. The lowest BCUT2D eigenvalue weighted by molar-refractivity contribution is -0.275. The Balaban J connectivity index is 0.00000288. The smallest absolute Gasteiger partial charge is 0.488 e. The molecule has 0 radical (unpaired) electrons. The second kappa shape index (κ2) is 8.26. The van der Waals surface area contributed by atoms with Crippen LogP contribution in [0.1, 0.15) is 11.1 Å². The van der Waals surface area contributed by atoms with Gasteiger partial charge in [0, 0.05) is 6.54 Å². The van der Waals surface area contributed by atoms with Crippen LogP contribution in [0.5, 0.6) is 11.5 Å². The van der Waals surface area contributed by atoms with E-state index in [4.69, 9.17) is 10.5 Å². The van der Waals surface area contributed by atoms with Crippen molar-refractivity contribution in [2.24, 2.45) is 5.73 Å². The first-order valence-electron chi connectivity index (χ1n) is 7.10. The van der Waals surface area contributed by atoms with Crippen molar-refractivity contribution < 1.29 is 22.6 Å². The molecular weight excluding hydrogens is 343 g/mol. The molecule has 0 atom stereocenters. The third-order valence-corrected chi connectivity index (χ3v) is 3.39. The van der Waals surface area contributed by atoms with Crippen LogP contribution in [0.2, 0.25) is 0 Å². The number of halogens is 4. The van der Waals surface area contributed by atoms with Crippen molar-refractivity contribution in [1.29, 1.82) is 0 Å². The molecule has 0 fully saturated rings. The molecule has 0 aliphatic carbocycles. The molecule has 132 valence electrons. The molecule has 7 heteroatoms. The molecule has 2 aromatic rings. The van der Waals surface area contributed by atoms with Gasteiger partial charge in [-0.1, -0.05) is 24.3 Å². The number of ether oxygens (including phenoxy) is 2. The van der Waals surface area contributed by atoms with Gasteiger partial charge in [-0.05, 0) is 48.2 Å². The lowest BCUT2D eigenvalue weighted by Gasteiger charge is -2.15. The molecule has 0 aliphatic heterocycles. The van der Waals surface area contributed by atoms with E-state index in [-0.39, 0.29) is 37.1 Å². The normalized spacial score (nSPS) is 10.9.